The van der Waals surface area contributed by atoms with Crippen molar-refractivity contribution in [2.75, 3.05) is 0 Å². The number of pyridine rings is 1. The summed E-state index contributed by atoms with van der Waals surface area (Å²) in [6, 6.07) is 28.2. The van der Waals surface area contributed by atoms with Gasteiger partial charge >= 0.3 is 0 Å². The second kappa shape index (κ2) is 7.30. The summed E-state index contributed by atoms with van der Waals surface area (Å²) in [4.78, 5) is 25.9. The number of nitrogens with zero attached hydrogens (tertiary/aromatic N) is 1. The average molecular weight is 354 g/mol. The first-order valence-corrected chi connectivity index (χ1v) is 8.76. The van der Waals surface area contributed by atoms with Gasteiger partial charge in [-0.1, -0.05) is 66.7 Å². The predicted octanol–water partition coefficient (Wildman–Crippen LogP) is 3.92. The number of aromatic nitrogens is 1. The van der Waals surface area contributed by atoms with Crippen LogP contribution in [-0.2, 0) is 6.54 Å². The van der Waals surface area contributed by atoms with Crippen LogP contribution in [0.15, 0.2) is 95.8 Å². The van der Waals surface area contributed by atoms with Crippen LogP contribution in [0.2, 0.25) is 0 Å². The van der Waals surface area contributed by atoms with Gasteiger partial charge in [0.15, 0.2) is 0 Å². The zero-order valence-corrected chi connectivity index (χ0v) is 14.6. The van der Waals surface area contributed by atoms with E-state index in [9.17, 15) is 9.59 Å². The third-order valence-corrected chi connectivity index (χ3v) is 4.47. The maximum Gasteiger partial charge on any atom is 0.268 e. The Bertz CT molecular complexity index is 1150. The first-order valence-electron chi connectivity index (χ1n) is 8.76. The molecule has 0 unspecified atom stereocenters. The van der Waals surface area contributed by atoms with Crippen molar-refractivity contribution < 1.29 is 4.79 Å². The maximum atomic E-state index is 13.1. The summed E-state index contributed by atoms with van der Waals surface area (Å²) in [6.07, 6.45) is 0. The molecule has 0 fully saturated rings. The maximum absolute atomic E-state index is 13.1. The summed E-state index contributed by atoms with van der Waals surface area (Å²) in [7, 11) is 0. The van der Waals surface area contributed by atoms with Gasteiger partial charge in [-0.3, -0.25) is 14.2 Å². The van der Waals surface area contributed by atoms with Gasteiger partial charge in [-0.25, -0.2) is 0 Å². The Hall–Kier alpha value is -3.66. The van der Waals surface area contributed by atoms with Crippen LogP contribution in [0.3, 0.4) is 0 Å². The second-order valence-corrected chi connectivity index (χ2v) is 6.26. The minimum absolute atomic E-state index is 0.133. The molecule has 0 aliphatic carbocycles. The molecule has 3 aromatic carbocycles. The van der Waals surface area contributed by atoms with Crippen LogP contribution in [0.1, 0.15) is 15.9 Å². The van der Waals surface area contributed by atoms with Crippen molar-refractivity contribution in [3.8, 4) is 5.69 Å². The molecule has 4 aromatic rings. The van der Waals surface area contributed by atoms with Gasteiger partial charge in [0, 0.05) is 12.2 Å². The third kappa shape index (κ3) is 3.37. The number of hydrogen-bond acceptors (Lipinski definition) is 2. The second-order valence-electron chi connectivity index (χ2n) is 6.26. The van der Waals surface area contributed by atoms with E-state index in [0.29, 0.717) is 6.54 Å². The lowest BCUT2D eigenvalue weighted by atomic mass is 10.1. The molecule has 0 spiro atoms. The largest absolute Gasteiger partial charge is 0.348 e. The zero-order valence-electron chi connectivity index (χ0n) is 14.6. The molecule has 0 bridgehead atoms. The fourth-order valence-corrected chi connectivity index (χ4v) is 3.13. The fourth-order valence-electron chi connectivity index (χ4n) is 3.13. The van der Waals surface area contributed by atoms with Crippen molar-refractivity contribution in [2.45, 2.75) is 6.54 Å². The highest BCUT2D eigenvalue weighted by molar-refractivity contribution is 5.97. The highest BCUT2D eigenvalue weighted by Crippen LogP contribution is 2.17. The number of nitrogens with one attached hydrogen (secondary N) is 1. The molecule has 132 valence electrons. The van der Waals surface area contributed by atoms with Gasteiger partial charge in [0.05, 0.1) is 5.52 Å². The Morgan fingerprint density at radius 2 is 1.44 bits per heavy atom. The summed E-state index contributed by atoms with van der Waals surface area (Å²) >= 11 is 0. The Morgan fingerprint density at radius 1 is 0.815 bits per heavy atom. The number of benzene rings is 3. The molecular formula is C23H18N2O2. The van der Waals surface area contributed by atoms with E-state index < -0.39 is 0 Å². The lowest BCUT2D eigenvalue weighted by Gasteiger charge is -2.13. The smallest absolute Gasteiger partial charge is 0.268 e. The number of para-hydroxylation sites is 2. The average Bonchev–Trinajstić information content (AvgIpc) is 2.73. The van der Waals surface area contributed by atoms with E-state index in [4.69, 9.17) is 0 Å². The molecule has 4 rings (SSSR count). The number of amides is 1. The SMILES string of the molecule is O=C(NCc1ccccc1)c1cc2ccccc2n(-c2ccccc2)c1=O. The van der Waals surface area contributed by atoms with E-state index in [1.165, 1.54) is 0 Å². The summed E-state index contributed by atoms with van der Waals surface area (Å²) in [6.45, 7) is 0.372. The quantitative estimate of drug-likeness (QED) is 0.604. The van der Waals surface area contributed by atoms with E-state index in [0.717, 1.165) is 22.2 Å². The van der Waals surface area contributed by atoms with Gasteiger partial charge in [-0.2, -0.15) is 0 Å². The van der Waals surface area contributed by atoms with Crippen molar-refractivity contribution >= 4 is 16.8 Å². The van der Waals surface area contributed by atoms with E-state index in [1.54, 1.807) is 10.6 Å². The van der Waals surface area contributed by atoms with Crippen molar-refractivity contribution in [1.82, 2.24) is 9.88 Å². The fraction of sp³-hybridized carbons (Fsp3) is 0.0435. The van der Waals surface area contributed by atoms with Crippen molar-refractivity contribution in [1.29, 1.82) is 0 Å². The van der Waals surface area contributed by atoms with Crippen LogP contribution in [-0.4, -0.2) is 10.5 Å². The lowest BCUT2D eigenvalue weighted by molar-refractivity contribution is 0.0949. The number of rotatable bonds is 4. The molecule has 0 saturated heterocycles. The first kappa shape index (κ1) is 16.8. The molecule has 1 amide bonds. The summed E-state index contributed by atoms with van der Waals surface area (Å²) in [5, 5.41) is 3.69. The molecule has 1 heterocycles. The minimum atomic E-state index is -0.376. The summed E-state index contributed by atoms with van der Waals surface area (Å²) in [5.41, 5.74) is 2.29. The zero-order chi connectivity index (χ0) is 18.6. The van der Waals surface area contributed by atoms with Gasteiger partial charge in [-0.05, 0) is 35.2 Å². The van der Waals surface area contributed by atoms with Crippen LogP contribution in [0.4, 0.5) is 0 Å². The molecule has 0 aliphatic heterocycles. The molecular weight excluding hydrogens is 336 g/mol. The Balaban J connectivity index is 1.78. The highest BCUT2D eigenvalue weighted by Gasteiger charge is 2.16. The molecule has 4 heteroatoms. The van der Waals surface area contributed by atoms with Gasteiger partial charge in [-0.15, -0.1) is 0 Å². The van der Waals surface area contributed by atoms with Crippen LogP contribution in [0.5, 0.6) is 0 Å². The molecule has 1 N–H and O–H groups in total. The molecule has 0 aliphatic rings. The lowest BCUT2D eigenvalue weighted by Crippen LogP contribution is -2.32. The number of fused-ring (bicyclic) bond motifs is 1. The van der Waals surface area contributed by atoms with Gasteiger partial charge in [0.2, 0.25) is 0 Å². The Kier molecular flexibility index (Phi) is 4.54. The molecule has 27 heavy (non-hydrogen) atoms. The summed E-state index contributed by atoms with van der Waals surface area (Å²) < 4.78 is 1.59. The van der Waals surface area contributed by atoms with Crippen molar-refractivity contribution in [3.05, 3.63) is 112 Å². The van der Waals surface area contributed by atoms with Crippen LogP contribution < -0.4 is 10.9 Å². The first-order chi connectivity index (χ1) is 13.2. The van der Waals surface area contributed by atoms with E-state index >= 15 is 0 Å². The standard InChI is InChI=1S/C23H18N2O2/c26-22(24-16-17-9-3-1-4-10-17)20-15-18-11-7-8-14-21(18)25(23(20)27)19-12-5-2-6-13-19/h1-15H,16H2,(H,24,26). The normalized spacial score (nSPS) is 10.7. The molecule has 0 atom stereocenters. The minimum Gasteiger partial charge on any atom is -0.348 e. The highest BCUT2D eigenvalue weighted by atomic mass is 16.2. The molecule has 1 aromatic heterocycles. The van der Waals surface area contributed by atoms with Crippen LogP contribution >= 0.6 is 0 Å². The number of hydrogen-bond donors (Lipinski definition) is 1. The van der Waals surface area contributed by atoms with Crippen LogP contribution in [0.25, 0.3) is 16.6 Å². The Labute approximate surface area is 156 Å². The molecule has 0 saturated carbocycles. The monoisotopic (exact) mass is 354 g/mol. The predicted molar refractivity (Wildman–Crippen MR) is 107 cm³/mol. The van der Waals surface area contributed by atoms with Crippen molar-refractivity contribution in [2.24, 2.45) is 0 Å². The number of carbonyl (C=O) groups is 1. The van der Waals surface area contributed by atoms with Crippen molar-refractivity contribution in [3.63, 3.8) is 0 Å². The number of carbonyl (C=O) groups excluding carboxylic acids is 1. The molecule has 4 nitrogen and oxygen atoms in total. The van der Waals surface area contributed by atoms with E-state index in [2.05, 4.69) is 5.32 Å². The third-order valence-electron chi connectivity index (χ3n) is 4.47. The van der Waals surface area contributed by atoms with E-state index in [1.807, 2.05) is 84.9 Å². The van der Waals surface area contributed by atoms with Gasteiger partial charge < -0.3 is 5.32 Å². The van der Waals surface area contributed by atoms with E-state index in [-0.39, 0.29) is 17.0 Å². The van der Waals surface area contributed by atoms with Crippen LogP contribution in [0, 0.1) is 0 Å². The summed E-state index contributed by atoms with van der Waals surface area (Å²) in [5.74, 6) is -0.376. The Morgan fingerprint density at radius 3 is 2.19 bits per heavy atom. The van der Waals surface area contributed by atoms with Gasteiger partial charge in [0.25, 0.3) is 11.5 Å². The topological polar surface area (TPSA) is 51.1 Å². The van der Waals surface area contributed by atoms with Gasteiger partial charge in [0.1, 0.15) is 5.56 Å². The molecule has 0 radical (unpaired) electrons.